The molecule has 2 aromatic rings. The van der Waals surface area contributed by atoms with Gasteiger partial charge < -0.3 is 4.74 Å². The molecule has 2 aromatic carbocycles. The number of hydrogen-bond acceptors (Lipinski definition) is 2. The Morgan fingerprint density at radius 2 is 2.00 bits per heavy atom. The number of para-hydroxylation sites is 1. The molecule has 0 N–H and O–H groups in total. The van der Waals surface area contributed by atoms with Crippen LogP contribution < -0.4 is 4.74 Å². The number of rotatable bonds is 3. The van der Waals surface area contributed by atoms with Gasteiger partial charge in [-0.15, -0.1) is 0 Å². The van der Waals surface area contributed by atoms with Gasteiger partial charge in [-0.1, -0.05) is 45.7 Å². The largest absolute Gasteiger partial charge is 0.454 e. The molecule has 0 bridgehead atoms. The van der Waals surface area contributed by atoms with E-state index in [4.69, 9.17) is 21.6 Å². The number of alkyl halides is 1. The van der Waals surface area contributed by atoms with E-state index in [1.165, 1.54) is 18.2 Å². The van der Waals surface area contributed by atoms with Gasteiger partial charge in [-0.2, -0.15) is 5.26 Å². The van der Waals surface area contributed by atoms with Gasteiger partial charge in [0.1, 0.15) is 28.9 Å². The highest BCUT2D eigenvalue weighted by Gasteiger charge is 2.14. The number of ether oxygens (including phenoxy) is 1. The molecule has 0 spiro atoms. The molecule has 0 atom stereocenters. The highest BCUT2D eigenvalue weighted by Crippen LogP contribution is 2.35. The van der Waals surface area contributed by atoms with Crippen LogP contribution in [0.4, 0.5) is 4.39 Å². The smallest absolute Gasteiger partial charge is 0.150 e. The molecular weight excluding hydrogens is 333 g/mol. The summed E-state index contributed by atoms with van der Waals surface area (Å²) in [7, 11) is 0. The van der Waals surface area contributed by atoms with E-state index < -0.39 is 5.82 Å². The van der Waals surface area contributed by atoms with E-state index in [1.54, 1.807) is 18.2 Å². The van der Waals surface area contributed by atoms with Gasteiger partial charge in [0.15, 0.2) is 0 Å². The van der Waals surface area contributed by atoms with Gasteiger partial charge in [0, 0.05) is 10.9 Å². The molecule has 0 unspecified atom stereocenters. The Hall–Kier alpha value is -1.57. The van der Waals surface area contributed by atoms with Gasteiger partial charge in [0.2, 0.25) is 0 Å². The molecule has 0 aliphatic carbocycles. The van der Waals surface area contributed by atoms with Crippen LogP contribution >= 0.6 is 27.5 Å². The van der Waals surface area contributed by atoms with Crippen molar-refractivity contribution in [2.75, 3.05) is 0 Å². The molecule has 0 fully saturated rings. The van der Waals surface area contributed by atoms with Crippen molar-refractivity contribution in [1.82, 2.24) is 0 Å². The molecule has 0 radical (unpaired) electrons. The molecule has 0 saturated heterocycles. The van der Waals surface area contributed by atoms with Crippen molar-refractivity contribution in [2.45, 2.75) is 5.33 Å². The Morgan fingerprint density at radius 3 is 2.68 bits per heavy atom. The first-order valence-corrected chi connectivity index (χ1v) is 6.87. The Labute approximate surface area is 123 Å². The van der Waals surface area contributed by atoms with Crippen LogP contribution in [0.2, 0.25) is 5.02 Å². The van der Waals surface area contributed by atoms with Gasteiger partial charge in [-0.25, -0.2) is 4.39 Å². The zero-order valence-electron chi connectivity index (χ0n) is 9.66. The summed E-state index contributed by atoms with van der Waals surface area (Å²) in [4.78, 5) is 0. The maximum atomic E-state index is 13.5. The maximum absolute atomic E-state index is 13.5. The van der Waals surface area contributed by atoms with Gasteiger partial charge in [0.05, 0.1) is 5.02 Å². The lowest BCUT2D eigenvalue weighted by Gasteiger charge is -2.12. The number of nitrogens with zero attached hydrogens (tertiary/aromatic N) is 1. The normalized spacial score (nSPS) is 10.0. The molecule has 0 aromatic heterocycles. The second-order valence-electron chi connectivity index (χ2n) is 3.69. The first-order chi connectivity index (χ1) is 9.17. The van der Waals surface area contributed by atoms with Crippen molar-refractivity contribution in [3.05, 3.63) is 58.4 Å². The fourth-order valence-corrected chi connectivity index (χ4v) is 2.26. The second kappa shape index (κ2) is 6.05. The Balaban J connectivity index is 2.48. The van der Waals surface area contributed by atoms with Gasteiger partial charge in [-0.05, 0) is 18.2 Å². The third kappa shape index (κ3) is 2.89. The van der Waals surface area contributed by atoms with Crippen LogP contribution in [0, 0.1) is 17.1 Å². The zero-order chi connectivity index (χ0) is 13.8. The number of halogens is 3. The van der Waals surface area contributed by atoms with E-state index in [0.717, 1.165) is 5.56 Å². The van der Waals surface area contributed by atoms with Crippen molar-refractivity contribution < 1.29 is 9.13 Å². The summed E-state index contributed by atoms with van der Waals surface area (Å²) in [5.41, 5.74) is 0.684. The quantitative estimate of drug-likeness (QED) is 0.733. The molecule has 0 aliphatic rings. The molecule has 96 valence electrons. The average molecular weight is 341 g/mol. The number of hydrogen-bond donors (Lipinski definition) is 0. The van der Waals surface area contributed by atoms with E-state index in [-0.39, 0.29) is 11.3 Å². The highest BCUT2D eigenvalue weighted by atomic mass is 79.9. The summed E-state index contributed by atoms with van der Waals surface area (Å²) < 4.78 is 19.1. The summed E-state index contributed by atoms with van der Waals surface area (Å²) in [5, 5.41) is 9.91. The van der Waals surface area contributed by atoms with Crippen molar-refractivity contribution in [3.8, 4) is 17.6 Å². The van der Waals surface area contributed by atoms with Crippen LogP contribution in [-0.4, -0.2) is 0 Å². The van der Waals surface area contributed by atoms with Gasteiger partial charge >= 0.3 is 0 Å². The second-order valence-corrected chi connectivity index (χ2v) is 4.66. The van der Waals surface area contributed by atoms with Crippen LogP contribution in [0.1, 0.15) is 11.1 Å². The molecule has 19 heavy (non-hydrogen) atoms. The van der Waals surface area contributed by atoms with Crippen LogP contribution in [0.15, 0.2) is 36.4 Å². The molecule has 0 heterocycles. The lowest BCUT2D eigenvalue weighted by Crippen LogP contribution is -1.94. The summed E-state index contributed by atoms with van der Waals surface area (Å²) >= 11 is 9.40. The molecule has 2 rings (SSSR count). The van der Waals surface area contributed by atoms with Crippen molar-refractivity contribution in [1.29, 1.82) is 5.26 Å². The van der Waals surface area contributed by atoms with Crippen LogP contribution in [0.5, 0.6) is 11.5 Å². The van der Waals surface area contributed by atoms with Crippen LogP contribution in [0.3, 0.4) is 0 Å². The summed E-state index contributed by atoms with van der Waals surface area (Å²) in [6.07, 6.45) is 0. The van der Waals surface area contributed by atoms with Crippen LogP contribution in [-0.2, 0) is 5.33 Å². The topological polar surface area (TPSA) is 33.0 Å². The monoisotopic (exact) mass is 339 g/mol. The van der Waals surface area contributed by atoms with Crippen LogP contribution in [0.25, 0.3) is 0 Å². The van der Waals surface area contributed by atoms with Crippen molar-refractivity contribution in [3.63, 3.8) is 0 Å². The minimum atomic E-state index is -0.618. The Kier molecular flexibility index (Phi) is 4.41. The predicted molar refractivity (Wildman–Crippen MR) is 75.3 cm³/mol. The van der Waals surface area contributed by atoms with Gasteiger partial charge in [-0.3, -0.25) is 0 Å². The van der Waals surface area contributed by atoms with E-state index in [0.29, 0.717) is 16.1 Å². The molecule has 2 nitrogen and oxygen atoms in total. The van der Waals surface area contributed by atoms with Gasteiger partial charge in [0.25, 0.3) is 0 Å². The lowest BCUT2D eigenvalue weighted by molar-refractivity contribution is 0.471. The van der Waals surface area contributed by atoms with E-state index in [2.05, 4.69) is 15.9 Å². The zero-order valence-corrected chi connectivity index (χ0v) is 12.0. The highest BCUT2D eigenvalue weighted by molar-refractivity contribution is 9.08. The fourth-order valence-electron chi connectivity index (χ4n) is 1.58. The third-order valence-corrected chi connectivity index (χ3v) is 3.39. The van der Waals surface area contributed by atoms with Crippen molar-refractivity contribution >= 4 is 27.5 Å². The fraction of sp³-hybridized carbons (Fsp3) is 0.0714. The first-order valence-electron chi connectivity index (χ1n) is 5.37. The lowest BCUT2D eigenvalue weighted by atomic mass is 10.2. The molecule has 0 amide bonds. The minimum Gasteiger partial charge on any atom is -0.454 e. The SMILES string of the molecule is N#Cc1c(F)cccc1Oc1c(Cl)cccc1CBr. The average Bonchev–Trinajstić information content (AvgIpc) is 2.41. The molecular formula is C14H8BrClFNO. The summed E-state index contributed by atoms with van der Waals surface area (Å²) in [6, 6.07) is 11.3. The molecule has 0 aliphatic heterocycles. The summed E-state index contributed by atoms with van der Waals surface area (Å²) in [6.45, 7) is 0. The molecule has 0 saturated carbocycles. The van der Waals surface area contributed by atoms with E-state index in [9.17, 15) is 4.39 Å². The minimum absolute atomic E-state index is 0.136. The Morgan fingerprint density at radius 1 is 1.26 bits per heavy atom. The Bertz CT molecular complexity index is 654. The first kappa shape index (κ1) is 13.9. The third-order valence-electron chi connectivity index (χ3n) is 2.49. The standard InChI is InChI=1S/C14H8BrClFNO/c15-7-9-3-1-4-11(16)14(9)19-13-6-2-5-12(17)10(13)8-18/h1-6H,7H2. The summed E-state index contributed by atoms with van der Waals surface area (Å²) in [5.74, 6) is -0.0478. The number of benzene rings is 2. The van der Waals surface area contributed by atoms with E-state index in [1.807, 2.05) is 6.07 Å². The number of nitriles is 1. The molecule has 5 heteroatoms. The predicted octanol–water partition coefficient (Wildman–Crippen LogP) is 5.04. The van der Waals surface area contributed by atoms with E-state index >= 15 is 0 Å². The van der Waals surface area contributed by atoms with Crippen molar-refractivity contribution in [2.24, 2.45) is 0 Å². The maximum Gasteiger partial charge on any atom is 0.150 e.